The van der Waals surface area contributed by atoms with Crippen LogP contribution in [-0.4, -0.2) is 20.9 Å². The second-order valence-electron chi connectivity index (χ2n) is 6.96. The van der Waals surface area contributed by atoms with Crippen molar-refractivity contribution in [1.82, 2.24) is 0 Å². The van der Waals surface area contributed by atoms with Gasteiger partial charge in [-0.15, -0.1) is 0 Å². The van der Waals surface area contributed by atoms with E-state index < -0.39 is 15.9 Å². The van der Waals surface area contributed by atoms with Gasteiger partial charge in [0.25, 0.3) is 10.0 Å². The first-order valence-electron chi connectivity index (χ1n) is 9.07. The van der Waals surface area contributed by atoms with Crippen molar-refractivity contribution in [3.8, 4) is 11.1 Å². The molecule has 1 aliphatic rings. The van der Waals surface area contributed by atoms with Gasteiger partial charge in [0, 0.05) is 21.8 Å². The number of carbonyl (C=O) groups excluding carboxylic acids is 1. The van der Waals surface area contributed by atoms with Crippen molar-refractivity contribution in [2.45, 2.75) is 18.7 Å². The Morgan fingerprint density at radius 1 is 1.00 bits per heavy atom. The van der Waals surface area contributed by atoms with Gasteiger partial charge in [-0.25, -0.2) is 8.42 Å². The van der Waals surface area contributed by atoms with Crippen molar-refractivity contribution in [2.75, 3.05) is 16.2 Å². The van der Waals surface area contributed by atoms with Crippen LogP contribution in [0.15, 0.2) is 65.6 Å². The molecule has 29 heavy (non-hydrogen) atoms. The number of benzene rings is 3. The standard InChI is InChI=1S/C22H19ClN2O3S/c1-14-6-5-8-19(15(14)2)24-22(26)13-25-20-11-10-16(23)12-18(20)17-7-3-4-9-21(17)29(25,27)28/h3-12H,13H2,1-2H3,(H,24,26). The average Bonchev–Trinajstić information content (AvgIpc) is 2.69. The number of fused-ring (bicyclic) bond motifs is 3. The lowest BCUT2D eigenvalue weighted by atomic mass is 10.0. The van der Waals surface area contributed by atoms with Crippen molar-refractivity contribution >= 4 is 38.9 Å². The molecule has 7 heteroatoms. The maximum absolute atomic E-state index is 13.3. The number of hydrogen-bond acceptors (Lipinski definition) is 3. The first kappa shape index (κ1) is 19.5. The Hall–Kier alpha value is -2.83. The highest BCUT2D eigenvalue weighted by atomic mass is 35.5. The lowest BCUT2D eigenvalue weighted by molar-refractivity contribution is -0.114. The van der Waals surface area contributed by atoms with Crippen LogP contribution >= 0.6 is 11.6 Å². The molecule has 3 aromatic rings. The van der Waals surface area contributed by atoms with E-state index in [2.05, 4.69) is 5.32 Å². The summed E-state index contributed by atoms with van der Waals surface area (Å²) >= 11 is 6.16. The number of hydrogen-bond donors (Lipinski definition) is 1. The van der Waals surface area contributed by atoms with E-state index in [1.807, 2.05) is 26.0 Å². The topological polar surface area (TPSA) is 66.5 Å². The minimum absolute atomic E-state index is 0.161. The van der Waals surface area contributed by atoms with Gasteiger partial charge in [0.05, 0.1) is 10.6 Å². The van der Waals surface area contributed by atoms with Gasteiger partial charge in [-0.2, -0.15) is 0 Å². The first-order valence-corrected chi connectivity index (χ1v) is 10.9. The Morgan fingerprint density at radius 2 is 1.76 bits per heavy atom. The van der Waals surface area contributed by atoms with Crippen LogP contribution in [0.3, 0.4) is 0 Å². The smallest absolute Gasteiger partial charge is 0.265 e. The monoisotopic (exact) mass is 426 g/mol. The zero-order valence-electron chi connectivity index (χ0n) is 15.9. The van der Waals surface area contributed by atoms with E-state index in [0.717, 1.165) is 15.4 Å². The molecule has 0 radical (unpaired) electrons. The minimum atomic E-state index is -3.89. The van der Waals surface area contributed by atoms with E-state index in [1.165, 1.54) is 0 Å². The maximum Gasteiger partial charge on any atom is 0.265 e. The second kappa shape index (κ2) is 7.21. The van der Waals surface area contributed by atoms with Gasteiger partial charge in [-0.3, -0.25) is 9.10 Å². The Kier molecular flexibility index (Phi) is 4.84. The molecule has 4 rings (SSSR count). The maximum atomic E-state index is 13.3. The second-order valence-corrected chi connectivity index (χ2v) is 9.23. The zero-order chi connectivity index (χ0) is 20.8. The summed E-state index contributed by atoms with van der Waals surface area (Å²) in [5.74, 6) is -0.414. The molecule has 0 bridgehead atoms. The van der Waals surface area contributed by atoms with Gasteiger partial charge < -0.3 is 5.32 Å². The summed E-state index contributed by atoms with van der Waals surface area (Å²) in [6.07, 6.45) is 0. The minimum Gasteiger partial charge on any atom is -0.324 e. The van der Waals surface area contributed by atoms with E-state index in [9.17, 15) is 13.2 Å². The van der Waals surface area contributed by atoms with Gasteiger partial charge in [0.2, 0.25) is 5.91 Å². The summed E-state index contributed by atoms with van der Waals surface area (Å²) in [6, 6.07) is 17.3. The molecule has 5 nitrogen and oxygen atoms in total. The third-order valence-electron chi connectivity index (χ3n) is 5.14. The number of anilines is 2. The summed E-state index contributed by atoms with van der Waals surface area (Å²) in [5, 5.41) is 3.33. The average molecular weight is 427 g/mol. The van der Waals surface area contributed by atoms with Crippen molar-refractivity contribution in [3.63, 3.8) is 0 Å². The SMILES string of the molecule is Cc1cccc(NC(=O)CN2c3ccc(Cl)cc3-c3ccccc3S2(=O)=O)c1C. The van der Waals surface area contributed by atoms with Crippen LogP contribution in [-0.2, 0) is 14.8 Å². The number of nitrogens with one attached hydrogen (secondary N) is 1. The molecule has 3 aromatic carbocycles. The molecular formula is C22H19ClN2O3S. The number of aryl methyl sites for hydroxylation is 1. The molecule has 1 amide bonds. The van der Waals surface area contributed by atoms with Crippen molar-refractivity contribution in [3.05, 3.63) is 76.8 Å². The Morgan fingerprint density at radius 3 is 2.55 bits per heavy atom. The molecule has 0 atom stereocenters. The third-order valence-corrected chi connectivity index (χ3v) is 7.19. The summed E-state index contributed by atoms with van der Waals surface area (Å²) in [5.41, 5.74) is 4.35. The van der Waals surface area contributed by atoms with Crippen molar-refractivity contribution in [1.29, 1.82) is 0 Å². The summed E-state index contributed by atoms with van der Waals surface area (Å²) in [4.78, 5) is 12.9. The largest absolute Gasteiger partial charge is 0.324 e. The van der Waals surface area contributed by atoms with Gasteiger partial charge in [-0.05, 0) is 55.3 Å². The van der Waals surface area contributed by atoms with Gasteiger partial charge in [0.1, 0.15) is 6.54 Å². The van der Waals surface area contributed by atoms with Crippen LogP contribution in [0.2, 0.25) is 5.02 Å². The number of sulfonamides is 1. The predicted octanol–water partition coefficient (Wildman–Crippen LogP) is 4.77. The molecule has 0 aliphatic carbocycles. The lowest BCUT2D eigenvalue weighted by Gasteiger charge is -2.31. The summed E-state index contributed by atoms with van der Waals surface area (Å²) < 4.78 is 27.7. The van der Waals surface area contributed by atoms with Crippen molar-refractivity contribution < 1.29 is 13.2 Å². The van der Waals surface area contributed by atoms with Crippen LogP contribution in [0, 0.1) is 13.8 Å². The number of rotatable bonds is 3. The number of nitrogens with zero attached hydrogens (tertiary/aromatic N) is 1. The van der Waals surface area contributed by atoms with E-state index in [4.69, 9.17) is 11.6 Å². The highest BCUT2D eigenvalue weighted by Crippen LogP contribution is 2.43. The molecule has 148 valence electrons. The molecular weight excluding hydrogens is 408 g/mol. The predicted molar refractivity (Wildman–Crippen MR) is 116 cm³/mol. The third kappa shape index (κ3) is 3.39. The van der Waals surface area contributed by atoms with Gasteiger partial charge in [-0.1, -0.05) is 41.9 Å². The summed E-state index contributed by atoms with van der Waals surface area (Å²) in [7, 11) is -3.89. The highest BCUT2D eigenvalue weighted by molar-refractivity contribution is 7.93. The van der Waals surface area contributed by atoms with E-state index in [1.54, 1.807) is 48.5 Å². The molecule has 0 fully saturated rings. The lowest BCUT2D eigenvalue weighted by Crippen LogP contribution is -2.40. The molecule has 0 aromatic heterocycles. The first-order chi connectivity index (χ1) is 13.8. The number of carbonyl (C=O) groups is 1. The molecule has 0 unspecified atom stereocenters. The molecule has 1 heterocycles. The van der Waals surface area contributed by atoms with E-state index in [-0.39, 0.29) is 11.4 Å². The summed E-state index contributed by atoms with van der Waals surface area (Å²) in [6.45, 7) is 3.53. The van der Waals surface area contributed by atoms with Crippen LogP contribution in [0.25, 0.3) is 11.1 Å². The van der Waals surface area contributed by atoms with Crippen LogP contribution in [0.5, 0.6) is 0 Å². The normalized spacial score (nSPS) is 14.1. The van der Waals surface area contributed by atoms with Crippen molar-refractivity contribution in [2.24, 2.45) is 0 Å². The Balaban J connectivity index is 1.74. The number of halogens is 1. The highest BCUT2D eigenvalue weighted by Gasteiger charge is 2.36. The fourth-order valence-electron chi connectivity index (χ4n) is 3.48. The van der Waals surface area contributed by atoms with E-state index >= 15 is 0 Å². The van der Waals surface area contributed by atoms with Crippen LogP contribution in [0.1, 0.15) is 11.1 Å². The molecule has 0 saturated carbocycles. The Bertz CT molecular complexity index is 1240. The van der Waals surface area contributed by atoms with Gasteiger partial charge >= 0.3 is 0 Å². The van der Waals surface area contributed by atoms with Crippen LogP contribution in [0.4, 0.5) is 11.4 Å². The van der Waals surface area contributed by atoms with Crippen LogP contribution < -0.4 is 9.62 Å². The zero-order valence-corrected chi connectivity index (χ0v) is 17.5. The molecule has 0 spiro atoms. The quantitative estimate of drug-likeness (QED) is 0.655. The fourth-order valence-corrected chi connectivity index (χ4v) is 5.30. The molecule has 1 N–H and O–H groups in total. The fraction of sp³-hybridized carbons (Fsp3) is 0.136. The molecule has 0 saturated heterocycles. The number of amides is 1. The molecule has 1 aliphatic heterocycles. The van der Waals surface area contributed by atoms with Gasteiger partial charge in [0.15, 0.2) is 0 Å². The Labute approximate surface area is 175 Å². The van der Waals surface area contributed by atoms with E-state index in [0.29, 0.717) is 27.5 Å².